The third-order valence-corrected chi connectivity index (χ3v) is 5.26. The van der Waals surface area contributed by atoms with E-state index in [9.17, 15) is 9.90 Å². The van der Waals surface area contributed by atoms with Gasteiger partial charge in [0.2, 0.25) is 0 Å². The number of aryl methyl sites for hydroxylation is 1. The van der Waals surface area contributed by atoms with Crippen molar-refractivity contribution < 1.29 is 9.90 Å². The van der Waals surface area contributed by atoms with Gasteiger partial charge >= 0.3 is 0 Å². The molecule has 27 heavy (non-hydrogen) atoms. The number of hydrogen-bond acceptors (Lipinski definition) is 3. The maximum absolute atomic E-state index is 12.9. The van der Waals surface area contributed by atoms with E-state index >= 15 is 0 Å². The van der Waals surface area contributed by atoms with Gasteiger partial charge in [0, 0.05) is 12.1 Å². The Kier molecular flexibility index (Phi) is 7.84. The second-order valence-corrected chi connectivity index (χ2v) is 7.06. The highest BCUT2D eigenvalue weighted by Crippen LogP contribution is 2.31. The Balaban J connectivity index is 0.00000261. The van der Waals surface area contributed by atoms with Crippen LogP contribution in [0.1, 0.15) is 47.7 Å². The fraction of sp³-hybridized carbons (Fsp3) is 0.409. The van der Waals surface area contributed by atoms with Gasteiger partial charge in [-0.05, 0) is 49.1 Å². The molecule has 1 saturated heterocycles. The zero-order valence-corrected chi connectivity index (χ0v) is 16.6. The topological polar surface area (TPSA) is 61.4 Å². The average molecular weight is 389 g/mol. The molecule has 2 aromatic carbocycles. The predicted molar refractivity (Wildman–Crippen MR) is 111 cm³/mol. The van der Waals surface area contributed by atoms with Crippen molar-refractivity contribution in [1.29, 1.82) is 0 Å². The number of carbonyl (C=O) groups is 1. The smallest absolute Gasteiger partial charge is 0.252 e. The van der Waals surface area contributed by atoms with Crippen LogP contribution in [0.3, 0.4) is 0 Å². The SMILES string of the molecule is CCCCc1ccc(C(=O)N[C@]2(c3ccccc3)CCNC[C@H]2O)cc1.Cl. The van der Waals surface area contributed by atoms with E-state index in [0.717, 1.165) is 31.4 Å². The molecule has 0 radical (unpaired) electrons. The lowest BCUT2D eigenvalue weighted by Crippen LogP contribution is -2.61. The second-order valence-electron chi connectivity index (χ2n) is 7.06. The quantitative estimate of drug-likeness (QED) is 0.710. The third-order valence-electron chi connectivity index (χ3n) is 5.26. The zero-order valence-electron chi connectivity index (χ0n) is 15.8. The van der Waals surface area contributed by atoms with Crippen LogP contribution >= 0.6 is 12.4 Å². The van der Waals surface area contributed by atoms with Crippen molar-refractivity contribution in [2.75, 3.05) is 13.1 Å². The van der Waals surface area contributed by atoms with E-state index in [0.29, 0.717) is 18.5 Å². The van der Waals surface area contributed by atoms with Gasteiger partial charge in [-0.1, -0.05) is 55.8 Å². The van der Waals surface area contributed by atoms with E-state index < -0.39 is 11.6 Å². The molecule has 1 aliphatic rings. The molecule has 1 amide bonds. The molecule has 2 atom stereocenters. The Morgan fingerprint density at radius 3 is 2.52 bits per heavy atom. The van der Waals surface area contributed by atoms with Gasteiger partial charge in [-0.15, -0.1) is 12.4 Å². The normalized spacial score (nSPS) is 21.9. The number of carbonyl (C=O) groups excluding carboxylic acids is 1. The van der Waals surface area contributed by atoms with Crippen LogP contribution in [0.15, 0.2) is 54.6 Å². The maximum Gasteiger partial charge on any atom is 0.252 e. The van der Waals surface area contributed by atoms with Crippen LogP contribution in [0.25, 0.3) is 0 Å². The molecule has 0 aromatic heterocycles. The molecule has 146 valence electrons. The number of rotatable bonds is 6. The third kappa shape index (κ3) is 4.89. The van der Waals surface area contributed by atoms with Crippen LogP contribution in [-0.2, 0) is 12.0 Å². The van der Waals surface area contributed by atoms with Crippen molar-refractivity contribution in [3.05, 3.63) is 71.3 Å². The summed E-state index contributed by atoms with van der Waals surface area (Å²) in [6, 6.07) is 17.6. The first-order chi connectivity index (χ1) is 12.7. The summed E-state index contributed by atoms with van der Waals surface area (Å²) in [6.45, 7) is 3.39. The largest absolute Gasteiger partial charge is 0.389 e. The maximum atomic E-state index is 12.9. The van der Waals surface area contributed by atoms with Gasteiger partial charge in [0.25, 0.3) is 5.91 Å². The van der Waals surface area contributed by atoms with Crippen LogP contribution in [0.4, 0.5) is 0 Å². The van der Waals surface area contributed by atoms with Crippen molar-refractivity contribution in [3.8, 4) is 0 Å². The first-order valence-electron chi connectivity index (χ1n) is 9.51. The van der Waals surface area contributed by atoms with E-state index in [-0.39, 0.29) is 18.3 Å². The van der Waals surface area contributed by atoms with Crippen molar-refractivity contribution >= 4 is 18.3 Å². The van der Waals surface area contributed by atoms with E-state index in [1.54, 1.807) is 0 Å². The van der Waals surface area contributed by atoms with Crippen molar-refractivity contribution in [2.45, 2.75) is 44.2 Å². The molecule has 0 spiro atoms. The van der Waals surface area contributed by atoms with Gasteiger partial charge in [0.15, 0.2) is 0 Å². The first kappa shape index (κ1) is 21.4. The molecule has 3 rings (SSSR count). The molecule has 0 aliphatic carbocycles. The average Bonchev–Trinajstić information content (AvgIpc) is 2.69. The van der Waals surface area contributed by atoms with Gasteiger partial charge in [-0.25, -0.2) is 0 Å². The van der Waals surface area contributed by atoms with Crippen LogP contribution in [0.2, 0.25) is 0 Å². The number of benzene rings is 2. The standard InChI is InChI=1S/C22H28N2O2.ClH/c1-2-3-7-17-10-12-18(13-11-17)21(26)24-22(14-15-23-16-20(22)25)19-8-5-4-6-9-19;/h4-6,8-13,20,23,25H,2-3,7,14-16H2,1H3,(H,24,26);1H/t20-,22+;/m1./s1. The molecule has 0 saturated carbocycles. The molecule has 4 nitrogen and oxygen atoms in total. The predicted octanol–water partition coefficient (Wildman–Crippen LogP) is 3.43. The molecule has 3 N–H and O–H groups in total. The second kappa shape index (κ2) is 9.88. The summed E-state index contributed by atoms with van der Waals surface area (Å²) < 4.78 is 0. The zero-order chi connectivity index (χ0) is 18.4. The number of aliphatic hydroxyl groups excluding tert-OH is 1. The number of β-amino-alcohol motifs (C(OH)–C–C–N with tert-alkyl or cyclic N) is 1. The first-order valence-corrected chi connectivity index (χ1v) is 9.51. The number of amides is 1. The fourth-order valence-electron chi connectivity index (χ4n) is 3.63. The summed E-state index contributed by atoms with van der Waals surface area (Å²) in [6.07, 6.45) is 3.33. The Bertz CT molecular complexity index is 721. The van der Waals surface area contributed by atoms with Crippen LogP contribution in [-0.4, -0.2) is 30.2 Å². The number of unbranched alkanes of at least 4 members (excludes halogenated alkanes) is 1. The summed E-state index contributed by atoms with van der Waals surface area (Å²) in [5, 5.41) is 17.1. The molecule has 5 heteroatoms. The minimum atomic E-state index is -0.759. The number of hydrogen-bond donors (Lipinski definition) is 3. The Hall–Kier alpha value is -1.88. The number of nitrogens with one attached hydrogen (secondary N) is 2. The van der Waals surface area contributed by atoms with Crippen LogP contribution in [0.5, 0.6) is 0 Å². The van der Waals surface area contributed by atoms with Gasteiger partial charge in [0.1, 0.15) is 0 Å². The summed E-state index contributed by atoms with van der Waals surface area (Å²) in [5.41, 5.74) is 2.07. The number of aliphatic hydroxyl groups is 1. The molecular weight excluding hydrogens is 360 g/mol. The summed E-state index contributed by atoms with van der Waals surface area (Å²) in [4.78, 5) is 12.9. The Labute approximate surface area is 167 Å². The molecule has 0 unspecified atom stereocenters. The van der Waals surface area contributed by atoms with Gasteiger partial charge < -0.3 is 15.7 Å². The Morgan fingerprint density at radius 1 is 1.19 bits per heavy atom. The highest BCUT2D eigenvalue weighted by Gasteiger charge is 2.42. The van der Waals surface area contributed by atoms with E-state index in [2.05, 4.69) is 17.6 Å². The van der Waals surface area contributed by atoms with Gasteiger partial charge in [0.05, 0.1) is 11.6 Å². The van der Waals surface area contributed by atoms with Crippen molar-refractivity contribution in [1.82, 2.24) is 10.6 Å². The Morgan fingerprint density at radius 2 is 1.89 bits per heavy atom. The molecule has 1 aliphatic heterocycles. The fourth-order valence-corrected chi connectivity index (χ4v) is 3.63. The summed E-state index contributed by atoms with van der Waals surface area (Å²) in [5.74, 6) is -0.142. The molecular formula is C22H29ClN2O2. The van der Waals surface area contributed by atoms with Gasteiger partial charge in [-0.3, -0.25) is 4.79 Å². The minimum Gasteiger partial charge on any atom is -0.389 e. The highest BCUT2D eigenvalue weighted by atomic mass is 35.5. The van der Waals surface area contributed by atoms with E-state index in [1.807, 2.05) is 54.6 Å². The van der Waals surface area contributed by atoms with Crippen molar-refractivity contribution in [3.63, 3.8) is 0 Å². The van der Waals surface area contributed by atoms with E-state index in [1.165, 1.54) is 5.56 Å². The number of piperidine rings is 1. The molecule has 2 aromatic rings. The van der Waals surface area contributed by atoms with Crippen LogP contribution in [0, 0.1) is 0 Å². The highest BCUT2D eigenvalue weighted by molar-refractivity contribution is 5.94. The summed E-state index contributed by atoms with van der Waals surface area (Å²) in [7, 11) is 0. The van der Waals surface area contributed by atoms with Crippen molar-refractivity contribution in [2.24, 2.45) is 0 Å². The van der Waals surface area contributed by atoms with E-state index in [4.69, 9.17) is 0 Å². The minimum absolute atomic E-state index is 0. The lowest BCUT2D eigenvalue weighted by Gasteiger charge is -2.43. The van der Waals surface area contributed by atoms with Gasteiger partial charge in [-0.2, -0.15) is 0 Å². The molecule has 0 bridgehead atoms. The number of halogens is 1. The lowest BCUT2D eigenvalue weighted by molar-refractivity contribution is 0.0289. The monoisotopic (exact) mass is 388 g/mol. The molecule has 1 fully saturated rings. The lowest BCUT2D eigenvalue weighted by atomic mass is 9.79. The van der Waals surface area contributed by atoms with Crippen LogP contribution < -0.4 is 10.6 Å². The summed E-state index contributed by atoms with van der Waals surface area (Å²) >= 11 is 0. The molecule has 1 heterocycles.